The van der Waals surface area contributed by atoms with Gasteiger partial charge in [-0.3, -0.25) is 0 Å². The number of anilines is 2. The number of rotatable bonds is 4. The summed E-state index contributed by atoms with van der Waals surface area (Å²) in [7, 11) is 0. The first kappa shape index (κ1) is 10.7. The van der Waals surface area contributed by atoms with Gasteiger partial charge in [0, 0.05) is 5.56 Å². The van der Waals surface area contributed by atoms with E-state index in [1.165, 1.54) is 24.4 Å². The van der Waals surface area contributed by atoms with Crippen LogP contribution in [0.25, 0.3) is 0 Å². The van der Waals surface area contributed by atoms with Crippen LogP contribution in [-0.4, -0.2) is 21.6 Å². The largest absolute Gasteiger partial charge is 0.394 e. The zero-order valence-corrected chi connectivity index (χ0v) is 9.90. The van der Waals surface area contributed by atoms with Gasteiger partial charge in [0.25, 0.3) is 0 Å². The number of hydrogen-bond donors (Lipinski definition) is 3. The van der Waals surface area contributed by atoms with Gasteiger partial charge in [-0.05, 0) is 44.1 Å². The van der Waals surface area contributed by atoms with Crippen molar-refractivity contribution in [2.24, 2.45) is 0 Å². The molecular weight excluding hydrogens is 210 g/mol. The Morgan fingerprint density at radius 2 is 2.27 bits per heavy atom. The molecule has 1 aliphatic carbocycles. The maximum atomic E-state index is 9.20. The summed E-state index contributed by atoms with van der Waals surface area (Å²) < 4.78 is 4.17. The fraction of sp³-hybridized carbons (Fsp3) is 0.700. The van der Waals surface area contributed by atoms with Gasteiger partial charge in [-0.2, -0.15) is 4.37 Å². The molecule has 1 heterocycles. The fourth-order valence-electron chi connectivity index (χ4n) is 1.51. The molecule has 2 rings (SSSR count). The molecule has 0 saturated heterocycles. The summed E-state index contributed by atoms with van der Waals surface area (Å²) in [4.78, 5) is 0. The molecule has 0 unspecified atom stereocenters. The summed E-state index contributed by atoms with van der Waals surface area (Å²) in [6.07, 6.45) is 2.41. The fourth-order valence-corrected chi connectivity index (χ4v) is 2.49. The smallest absolute Gasteiger partial charge is 0.142 e. The van der Waals surface area contributed by atoms with Gasteiger partial charge in [-0.25, -0.2) is 0 Å². The van der Waals surface area contributed by atoms with Crippen LogP contribution in [-0.2, 0) is 0 Å². The molecule has 0 atom stereocenters. The number of nitrogens with one attached hydrogen (secondary N) is 1. The Bertz CT molecular complexity index is 358. The summed E-state index contributed by atoms with van der Waals surface area (Å²) in [5.41, 5.74) is 6.68. The molecule has 0 spiro atoms. The molecule has 1 aliphatic rings. The number of aliphatic hydroxyl groups is 1. The lowest BCUT2D eigenvalue weighted by atomic mass is 10.1. The van der Waals surface area contributed by atoms with Crippen molar-refractivity contribution >= 4 is 22.4 Å². The maximum Gasteiger partial charge on any atom is 0.142 e. The lowest BCUT2D eigenvalue weighted by Crippen LogP contribution is -2.34. The van der Waals surface area contributed by atoms with E-state index >= 15 is 0 Å². The van der Waals surface area contributed by atoms with Crippen LogP contribution in [0.15, 0.2) is 0 Å². The molecule has 1 saturated carbocycles. The molecule has 5 heteroatoms. The zero-order valence-electron chi connectivity index (χ0n) is 9.08. The molecule has 4 N–H and O–H groups in total. The van der Waals surface area contributed by atoms with E-state index in [0.717, 1.165) is 10.6 Å². The van der Waals surface area contributed by atoms with Crippen molar-refractivity contribution in [2.45, 2.75) is 38.1 Å². The molecule has 1 aromatic rings. The van der Waals surface area contributed by atoms with E-state index in [2.05, 4.69) is 9.69 Å². The standard InChI is InChI=1S/C10H17N3OS/c1-10(2,5-14)12-9-7(6-3-4-6)8(11)13-15-9/h6,12,14H,3-5H2,1-2H3,(H2,11,13). The maximum absolute atomic E-state index is 9.20. The molecule has 1 fully saturated rings. The summed E-state index contributed by atoms with van der Waals surface area (Å²) in [6.45, 7) is 4.01. The zero-order chi connectivity index (χ0) is 11.1. The molecule has 0 radical (unpaired) electrons. The van der Waals surface area contributed by atoms with E-state index in [1.54, 1.807) is 0 Å². The monoisotopic (exact) mass is 227 g/mol. The first-order valence-corrected chi connectivity index (χ1v) is 5.95. The SMILES string of the molecule is CC(C)(CO)Nc1snc(N)c1C1CC1. The third-order valence-electron chi connectivity index (χ3n) is 2.59. The van der Waals surface area contributed by atoms with Crippen molar-refractivity contribution in [2.75, 3.05) is 17.7 Å². The molecule has 0 aromatic carbocycles. The normalized spacial score (nSPS) is 16.7. The predicted molar refractivity (Wildman–Crippen MR) is 63.3 cm³/mol. The Hall–Kier alpha value is -0.810. The van der Waals surface area contributed by atoms with Crippen LogP contribution < -0.4 is 11.1 Å². The minimum absolute atomic E-state index is 0.0922. The third kappa shape index (κ3) is 2.23. The second-order valence-corrected chi connectivity index (χ2v) is 5.53. The quantitative estimate of drug-likeness (QED) is 0.733. The van der Waals surface area contributed by atoms with E-state index in [4.69, 9.17) is 5.73 Å². The van der Waals surface area contributed by atoms with E-state index in [0.29, 0.717) is 11.7 Å². The first-order valence-electron chi connectivity index (χ1n) is 5.17. The van der Waals surface area contributed by atoms with Gasteiger partial charge < -0.3 is 16.2 Å². The van der Waals surface area contributed by atoms with Crippen molar-refractivity contribution < 1.29 is 5.11 Å². The molecule has 15 heavy (non-hydrogen) atoms. The van der Waals surface area contributed by atoms with Crippen LogP contribution in [0.1, 0.15) is 38.2 Å². The number of nitrogen functional groups attached to an aromatic ring is 1. The lowest BCUT2D eigenvalue weighted by Gasteiger charge is -2.24. The van der Waals surface area contributed by atoms with Gasteiger partial charge in [-0.15, -0.1) is 0 Å². The van der Waals surface area contributed by atoms with Crippen LogP contribution >= 0.6 is 11.5 Å². The highest BCUT2D eigenvalue weighted by Gasteiger charge is 2.32. The van der Waals surface area contributed by atoms with Crippen LogP contribution in [0, 0.1) is 0 Å². The number of nitrogens with two attached hydrogens (primary N) is 1. The minimum atomic E-state index is -0.317. The first-order chi connectivity index (χ1) is 7.03. The average molecular weight is 227 g/mol. The van der Waals surface area contributed by atoms with Gasteiger partial charge in [0.15, 0.2) is 0 Å². The molecule has 0 aliphatic heterocycles. The number of nitrogens with zero attached hydrogens (tertiary/aromatic N) is 1. The minimum Gasteiger partial charge on any atom is -0.394 e. The van der Waals surface area contributed by atoms with E-state index in [1.807, 2.05) is 13.8 Å². The van der Waals surface area contributed by atoms with E-state index in [9.17, 15) is 5.11 Å². The Kier molecular flexibility index (Phi) is 2.60. The van der Waals surface area contributed by atoms with Crippen molar-refractivity contribution in [1.82, 2.24) is 4.37 Å². The van der Waals surface area contributed by atoms with Crippen molar-refractivity contribution in [3.05, 3.63) is 5.56 Å². The molecular formula is C10H17N3OS. The second-order valence-electron chi connectivity index (χ2n) is 4.75. The lowest BCUT2D eigenvalue weighted by molar-refractivity contribution is 0.234. The van der Waals surface area contributed by atoms with Gasteiger partial charge in [0.2, 0.25) is 0 Å². The van der Waals surface area contributed by atoms with E-state index in [-0.39, 0.29) is 12.1 Å². The topological polar surface area (TPSA) is 71.2 Å². The number of aliphatic hydroxyl groups excluding tert-OH is 1. The Balaban J connectivity index is 2.21. The van der Waals surface area contributed by atoms with Gasteiger partial charge in [0.05, 0.1) is 12.1 Å². The number of hydrogen-bond acceptors (Lipinski definition) is 5. The van der Waals surface area contributed by atoms with Crippen LogP contribution in [0.4, 0.5) is 10.8 Å². The van der Waals surface area contributed by atoms with Gasteiger partial charge in [-0.1, -0.05) is 0 Å². The summed E-state index contributed by atoms with van der Waals surface area (Å²) in [5.74, 6) is 1.24. The highest BCUT2D eigenvalue weighted by atomic mass is 32.1. The summed E-state index contributed by atoms with van der Waals surface area (Å²) >= 11 is 1.39. The van der Waals surface area contributed by atoms with Crippen LogP contribution in [0.2, 0.25) is 0 Å². The van der Waals surface area contributed by atoms with Crippen molar-refractivity contribution in [3.63, 3.8) is 0 Å². The Labute approximate surface area is 93.7 Å². The summed E-state index contributed by atoms with van der Waals surface area (Å²) in [5, 5.41) is 13.5. The van der Waals surface area contributed by atoms with E-state index < -0.39 is 0 Å². The molecule has 1 aromatic heterocycles. The molecule has 0 amide bonds. The number of aromatic nitrogens is 1. The Morgan fingerprint density at radius 1 is 1.60 bits per heavy atom. The average Bonchev–Trinajstić information content (AvgIpc) is 2.94. The van der Waals surface area contributed by atoms with Gasteiger partial charge in [0.1, 0.15) is 10.8 Å². The van der Waals surface area contributed by atoms with Crippen molar-refractivity contribution in [3.8, 4) is 0 Å². The molecule has 0 bridgehead atoms. The van der Waals surface area contributed by atoms with Gasteiger partial charge >= 0.3 is 0 Å². The highest BCUT2D eigenvalue weighted by Crippen LogP contribution is 2.48. The van der Waals surface area contributed by atoms with Crippen LogP contribution in [0.5, 0.6) is 0 Å². The van der Waals surface area contributed by atoms with Crippen molar-refractivity contribution in [1.29, 1.82) is 0 Å². The molecule has 84 valence electrons. The Morgan fingerprint density at radius 3 is 2.80 bits per heavy atom. The third-order valence-corrected chi connectivity index (χ3v) is 3.38. The summed E-state index contributed by atoms with van der Waals surface area (Å²) in [6, 6.07) is 0. The second kappa shape index (κ2) is 3.64. The van der Waals surface area contributed by atoms with Crippen LogP contribution in [0.3, 0.4) is 0 Å². The molecule has 4 nitrogen and oxygen atoms in total. The predicted octanol–water partition coefficient (Wildman–Crippen LogP) is 1.79. The highest BCUT2D eigenvalue weighted by molar-refractivity contribution is 7.10.